The molecule has 0 spiro atoms. The van der Waals surface area contributed by atoms with E-state index in [1.807, 2.05) is 65.2 Å². The Kier molecular flexibility index (Phi) is 5.72. The maximum Gasteiger partial charge on any atom is 0.268 e. The van der Waals surface area contributed by atoms with E-state index in [0.717, 1.165) is 22.0 Å². The van der Waals surface area contributed by atoms with Crippen LogP contribution in [0.5, 0.6) is 0 Å². The Bertz CT molecular complexity index is 1310. The zero-order chi connectivity index (χ0) is 22.7. The maximum absolute atomic E-state index is 13.1. The van der Waals surface area contributed by atoms with Crippen LogP contribution >= 0.6 is 0 Å². The molecule has 7 nitrogen and oxygen atoms in total. The van der Waals surface area contributed by atoms with Crippen molar-refractivity contribution < 1.29 is 9.59 Å². The van der Waals surface area contributed by atoms with E-state index in [1.54, 1.807) is 18.2 Å². The van der Waals surface area contributed by atoms with Gasteiger partial charge < -0.3 is 21.4 Å². The number of rotatable bonds is 7. The van der Waals surface area contributed by atoms with E-state index in [2.05, 4.69) is 5.32 Å². The smallest absolute Gasteiger partial charge is 0.268 e. The number of carbonyl (C=O) groups is 2. The van der Waals surface area contributed by atoms with Crippen molar-refractivity contribution in [2.45, 2.75) is 13.1 Å². The van der Waals surface area contributed by atoms with E-state index < -0.39 is 5.91 Å². The van der Waals surface area contributed by atoms with Crippen LogP contribution in [-0.4, -0.2) is 22.2 Å². The number of aromatic nitrogens is 1. The van der Waals surface area contributed by atoms with Gasteiger partial charge in [0.1, 0.15) is 11.5 Å². The van der Waals surface area contributed by atoms with Crippen LogP contribution in [0, 0.1) is 5.41 Å². The average Bonchev–Trinajstić information content (AvgIpc) is 3.16. The number of nitrogens with zero attached hydrogens (tertiary/aromatic N) is 1. The van der Waals surface area contributed by atoms with Crippen molar-refractivity contribution in [3.05, 3.63) is 107 Å². The molecule has 2 amide bonds. The lowest BCUT2D eigenvalue weighted by Gasteiger charge is -2.12. The standard InChI is InChI=1S/C25H23N5O2/c26-23(27)20-11-10-19-12-22(25(32)29-14-16-4-2-1-3-5-16)30(21(19)13-20)15-17-6-8-18(9-7-17)24(28)31/h1-13H,14-15H2,(H3,26,27)(H2,28,31)(H,29,32). The van der Waals surface area contributed by atoms with Crippen LogP contribution < -0.4 is 16.8 Å². The Morgan fingerprint density at radius 2 is 1.53 bits per heavy atom. The van der Waals surface area contributed by atoms with Gasteiger partial charge in [-0.05, 0) is 35.4 Å². The fraction of sp³-hybridized carbons (Fsp3) is 0.0800. The third kappa shape index (κ3) is 4.37. The summed E-state index contributed by atoms with van der Waals surface area (Å²) in [7, 11) is 0. The summed E-state index contributed by atoms with van der Waals surface area (Å²) in [6.45, 7) is 0.811. The number of hydrogen-bond acceptors (Lipinski definition) is 3. The van der Waals surface area contributed by atoms with E-state index in [0.29, 0.717) is 29.9 Å². The summed E-state index contributed by atoms with van der Waals surface area (Å²) in [5.41, 5.74) is 15.2. The van der Waals surface area contributed by atoms with E-state index >= 15 is 0 Å². The van der Waals surface area contributed by atoms with E-state index in [-0.39, 0.29) is 11.7 Å². The highest BCUT2D eigenvalue weighted by atomic mass is 16.2. The molecule has 0 radical (unpaired) electrons. The molecule has 0 bridgehead atoms. The Hall–Kier alpha value is -4.39. The van der Waals surface area contributed by atoms with Crippen LogP contribution in [0.3, 0.4) is 0 Å². The molecule has 6 N–H and O–H groups in total. The highest BCUT2D eigenvalue weighted by Gasteiger charge is 2.17. The Morgan fingerprint density at radius 3 is 2.19 bits per heavy atom. The predicted octanol–water partition coefficient (Wildman–Crippen LogP) is 3.00. The molecule has 0 saturated carbocycles. The van der Waals surface area contributed by atoms with Gasteiger partial charge >= 0.3 is 0 Å². The molecule has 32 heavy (non-hydrogen) atoms. The van der Waals surface area contributed by atoms with Crippen molar-refractivity contribution >= 4 is 28.6 Å². The van der Waals surface area contributed by atoms with Crippen molar-refractivity contribution in [1.82, 2.24) is 9.88 Å². The molecule has 0 aliphatic rings. The molecule has 1 aromatic heterocycles. The molecule has 0 unspecified atom stereocenters. The normalized spacial score (nSPS) is 10.8. The molecule has 0 aliphatic carbocycles. The van der Waals surface area contributed by atoms with Gasteiger partial charge in [-0.3, -0.25) is 15.0 Å². The van der Waals surface area contributed by atoms with Gasteiger partial charge in [0, 0.05) is 35.1 Å². The van der Waals surface area contributed by atoms with Gasteiger partial charge in [0.05, 0.1) is 0 Å². The Labute approximate surface area is 185 Å². The monoisotopic (exact) mass is 425 g/mol. The molecule has 4 aromatic rings. The first-order valence-electron chi connectivity index (χ1n) is 10.1. The zero-order valence-electron chi connectivity index (χ0n) is 17.3. The molecule has 1 heterocycles. The number of nitrogens with two attached hydrogens (primary N) is 2. The third-order valence-electron chi connectivity index (χ3n) is 5.32. The van der Waals surface area contributed by atoms with Gasteiger partial charge in [-0.2, -0.15) is 0 Å². The van der Waals surface area contributed by atoms with Crippen molar-refractivity contribution in [2.24, 2.45) is 11.5 Å². The molecule has 0 fully saturated rings. The molecule has 0 saturated heterocycles. The van der Waals surface area contributed by atoms with Crippen molar-refractivity contribution in [1.29, 1.82) is 5.41 Å². The van der Waals surface area contributed by atoms with Gasteiger partial charge in [0.2, 0.25) is 5.91 Å². The van der Waals surface area contributed by atoms with E-state index in [1.165, 1.54) is 0 Å². The molecule has 4 rings (SSSR count). The average molecular weight is 425 g/mol. The third-order valence-corrected chi connectivity index (χ3v) is 5.32. The summed E-state index contributed by atoms with van der Waals surface area (Å²) >= 11 is 0. The largest absolute Gasteiger partial charge is 0.384 e. The highest BCUT2D eigenvalue weighted by Crippen LogP contribution is 2.23. The second kappa shape index (κ2) is 8.77. The van der Waals surface area contributed by atoms with Gasteiger partial charge in [-0.1, -0.05) is 54.6 Å². The minimum atomic E-state index is -0.491. The van der Waals surface area contributed by atoms with Gasteiger partial charge in [-0.25, -0.2) is 0 Å². The number of nitrogen functional groups attached to an aromatic ring is 1. The van der Waals surface area contributed by atoms with Crippen LogP contribution in [0.2, 0.25) is 0 Å². The molecule has 0 aliphatic heterocycles. The number of carbonyl (C=O) groups excluding carboxylic acids is 2. The molecule has 160 valence electrons. The van der Waals surface area contributed by atoms with Gasteiger partial charge in [-0.15, -0.1) is 0 Å². The van der Waals surface area contributed by atoms with Gasteiger partial charge in [0.25, 0.3) is 5.91 Å². The van der Waals surface area contributed by atoms with E-state index in [9.17, 15) is 9.59 Å². The first-order chi connectivity index (χ1) is 15.4. The summed E-state index contributed by atoms with van der Waals surface area (Å²) in [5.74, 6) is -0.737. The fourth-order valence-corrected chi connectivity index (χ4v) is 3.61. The minimum Gasteiger partial charge on any atom is -0.384 e. The number of primary amides is 1. The highest BCUT2D eigenvalue weighted by molar-refractivity contribution is 6.02. The summed E-state index contributed by atoms with van der Waals surface area (Å²) in [5, 5.41) is 11.6. The predicted molar refractivity (Wildman–Crippen MR) is 125 cm³/mol. The van der Waals surface area contributed by atoms with Crippen molar-refractivity contribution in [3.63, 3.8) is 0 Å². The second-order valence-corrected chi connectivity index (χ2v) is 7.53. The summed E-state index contributed by atoms with van der Waals surface area (Å²) in [4.78, 5) is 24.5. The molecule has 7 heteroatoms. The van der Waals surface area contributed by atoms with Crippen LogP contribution in [0.1, 0.15) is 37.5 Å². The van der Waals surface area contributed by atoms with Crippen molar-refractivity contribution in [3.8, 4) is 0 Å². The molecule has 3 aromatic carbocycles. The Balaban J connectivity index is 1.71. The van der Waals surface area contributed by atoms with Crippen LogP contribution in [0.4, 0.5) is 0 Å². The number of nitrogens with one attached hydrogen (secondary N) is 2. The summed E-state index contributed by atoms with van der Waals surface area (Å²) in [6.07, 6.45) is 0. The first kappa shape index (κ1) is 20.9. The maximum atomic E-state index is 13.1. The SMILES string of the molecule is N=C(N)c1ccc2cc(C(=O)NCc3ccccc3)n(Cc3ccc(C(N)=O)cc3)c2c1. The van der Waals surface area contributed by atoms with Crippen LogP contribution in [0.25, 0.3) is 10.9 Å². The topological polar surface area (TPSA) is 127 Å². The lowest BCUT2D eigenvalue weighted by Crippen LogP contribution is -2.25. The Morgan fingerprint density at radius 1 is 0.844 bits per heavy atom. The summed E-state index contributed by atoms with van der Waals surface area (Å²) in [6, 6.07) is 23.9. The quantitative estimate of drug-likeness (QED) is 0.268. The van der Waals surface area contributed by atoms with Gasteiger partial charge in [0.15, 0.2) is 0 Å². The number of benzene rings is 3. The van der Waals surface area contributed by atoms with Crippen LogP contribution in [-0.2, 0) is 13.1 Å². The molecule has 0 atom stereocenters. The molecular formula is C25H23N5O2. The second-order valence-electron chi connectivity index (χ2n) is 7.53. The minimum absolute atomic E-state index is 0.0412. The zero-order valence-corrected chi connectivity index (χ0v) is 17.3. The lowest BCUT2D eigenvalue weighted by molar-refractivity contribution is 0.0941. The number of amides is 2. The summed E-state index contributed by atoms with van der Waals surface area (Å²) < 4.78 is 1.89. The number of amidine groups is 1. The number of fused-ring (bicyclic) bond motifs is 1. The lowest BCUT2D eigenvalue weighted by atomic mass is 10.1. The van der Waals surface area contributed by atoms with Crippen molar-refractivity contribution in [2.75, 3.05) is 0 Å². The van der Waals surface area contributed by atoms with E-state index in [4.69, 9.17) is 16.9 Å². The van der Waals surface area contributed by atoms with Crippen LogP contribution in [0.15, 0.2) is 78.9 Å². The first-order valence-corrected chi connectivity index (χ1v) is 10.1. The number of hydrogen-bond donors (Lipinski definition) is 4. The molecular weight excluding hydrogens is 402 g/mol. The fourth-order valence-electron chi connectivity index (χ4n) is 3.61.